The number of carbonyl (C=O) groups is 1. The van der Waals surface area contributed by atoms with E-state index >= 15 is 0 Å². The normalized spacial score (nSPS) is 11.9. The SMILES string of the molecule is COC(=O)C(N)Cc1cccc(OCBr)c1. The maximum Gasteiger partial charge on any atom is 0.322 e. The Hall–Kier alpha value is -1.07. The second-order valence-corrected chi connectivity index (χ2v) is 3.69. The molecule has 0 radical (unpaired) electrons. The Balaban J connectivity index is 2.66. The molecule has 1 aromatic carbocycles. The van der Waals surface area contributed by atoms with E-state index in [1.165, 1.54) is 7.11 Å². The van der Waals surface area contributed by atoms with Crippen molar-refractivity contribution in [2.24, 2.45) is 5.73 Å². The van der Waals surface area contributed by atoms with E-state index in [0.717, 1.165) is 11.3 Å². The van der Waals surface area contributed by atoms with Crippen LogP contribution in [-0.2, 0) is 16.0 Å². The van der Waals surface area contributed by atoms with E-state index in [4.69, 9.17) is 10.5 Å². The maximum absolute atomic E-state index is 11.1. The molecule has 1 unspecified atom stereocenters. The first-order valence-corrected chi connectivity index (χ1v) is 5.90. The lowest BCUT2D eigenvalue weighted by atomic mass is 10.1. The highest BCUT2D eigenvalue weighted by molar-refractivity contribution is 9.09. The van der Waals surface area contributed by atoms with E-state index < -0.39 is 12.0 Å². The van der Waals surface area contributed by atoms with Gasteiger partial charge in [0.2, 0.25) is 0 Å². The number of alkyl halides is 1. The molecule has 5 heteroatoms. The molecular formula is C11H14BrNO3. The number of hydrogen-bond donors (Lipinski definition) is 1. The van der Waals surface area contributed by atoms with Crippen LogP contribution in [0.3, 0.4) is 0 Å². The first-order valence-electron chi connectivity index (χ1n) is 4.78. The van der Waals surface area contributed by atoms with Gasteiger partial charge in [0.25, 0.3) is 0 Å². The Morgan fingerprint density at radius 3 is 2.94 bits per heavy atom. The van der Waals surface area contributed by atoms with Crippen LogP contribution in [0.15, 0.2) is 24.3 Å². The molecule has 0 aromatic heterocycles. The van der Waals surface area contributed by atoms with Crippen molar-refractivity contribution in [1.29, 1.82) is 0 Å². The molecule has 0 aliphatic rings. The van der Waals surface area contributed by atoms with Crippen LogP contribution in [0, 0.1) is 0 Å². The molecule has 2 N–H and O–H groups in total. The van der Waals surface area contributed by atoms with Crippen molar-refractivity contribution < 1.29 is 14.3 Å². The summed E-state index contributed by atoms with van der Waals surface area (Å²) in [6.45, 7) is 0. The van der Waals surface area contributed by atoms with Gasteiger partial charge in [-0.2, -0.15) is 0 Å². The molecule has 0 saturated heterocycles. The number of hydrogen-bond acceptors (Lipinski definition) is 4. The third-order valence-electron chi connectivity index (χ3n) is 2.08. The molecule has 0 spiro atoms. The quantitative estimate of drug-likeness (QED) is 0.658. The fourth-order valence-corrected chi connectivity index (χ4v) is 1.58. The summed E-state index contributed by atoms with van der Waals surface area (Å²) in [7, 11) is 1.33. The van der Waals surface area contributed by atoms with Crippen molar-refractivity contribution in [1.82, 2.24) is 0 Å². The van der Waals surface area contributed by atoms with E-state index in [2.05, 4.69) is 20.7 Å². The summed E-state index contributed by atoms with van der Waals surface area (Å²) in [5.74, 6) is 0.332. The van der Waals surface area contributed by atoms with Crippen LogP contribution in [0.2, 0.25) is 0 Å². The highest BCUT2D eigenvalue weighted by Gasteiger charge is 2.14. The lowest BCUT2D eigenvalue weighted by molar-refractivity contribution is -0.142. The lowest BCUT2D eigenvalue weighted by Crippen LogP contribution is -2.33. The smallest absolute Gasteiger partial charge is 0.322 e. The Bertz CT molecular complexity index is 357. The number of nitrogens with two attached hydrogens (primary N) is 1. The number of ether oxygens (including phenoxy) is 2. The number of rotatable bonds is 5. The Morgan fingerprint density at radius 2 is 2.31 bits per heavy atom. The fourth-order valence-electron chi connectivity index (χ4n) is 1.31. The summed E-state index contributed by atoms with van der Waals surface area (Å²) in [4.78, 5) is 11.1. The predicted octanol–water partition coefficient (Wildman–Crippen LogP) is 1.46. The van der Waals surface area contributed by atoms with Crippen molar-refractivity contribution in [3.05, 3.63) is 29.8 Å². The number of carbonyl (C=O) groups excluding carboxylic acids is 1. The molecule has 1 rings (SSSR count). The van der Waals surface area contributed by atoms with Crippen molar-refractivity contribution in [2.75, 3.05) is 12.6 Å². The van der Waals surface area contributed by atoms with Crippen molar-refractivity contribution in [3.8, 4) is 5.75 Å². The van der Waals surface area contributed by atoms with E-state index in [0.29, 0.717) is 11.9 Å². The van der Waals surface area contributed by atoms with Gasteiger partial charge >= 0.3 is 5.97 Å². The van der Waals surface area contributed by atoms with Crippen LogP contribution < -0.4 is 10.5 Å². The summed E-state index contributed by atoms with van der Waals surface area (Å²) in [5, 5.41) is 0. The van der Waals surface area contributed by atoms with Crippen LogP contribution in [-0.4, -0.2) is 24.6 Å². The monoisotopic (exact) mass is 287 g/mol. The molecule has 1 aromatic rings. The van der Waals surface area contributed by atoms with Gasteiger partial charge in [-0.25, -0.2) is 0 Å². The average molecular weight is 288 g/mol. The molecule has 16 heavy (non-hydrogen) atoms. The largest absolute Gasteiger partial charge is 0.482 e. The minimum absolute atomic E-state index is 0.410. The van der Waals surface area contributed by atoms with Gasteiger partial charge in [0, 0.05) is 0 Å². The highest BCUT2D eigenvalue weighted by Crippen LogP contribution is 2.15. The molecule has 0 fully saturated rings. The van der Waals surface area contributed by atoms with E-state index in [1.54, 1.807) is 0 Å². The zero-order valence-electron chi connectivity index (χ0n) is 8.98. The summed E-state index contributed by atoms with van der Waals surface area (Å²) in [6.07, 6.45) is 0.437. The fraction of sp³-hybridized carbons (Fsp3) is 0.364. The number of esters is 1. The first kappa shape index (κ1) is 13.0. The second kappa shape index (κ2) is 6.50. The summed E-state index contributed by atoms with van der Waals surface area (Å²) >= 11 is 3.17. The minimum atomic E-state index is -0.635. The second-order valence-electron chi connectivity index (χ2n) is 3.23. The van der Waals surface area contributed by atoms with E-state index in [-0.39, 0.29) is 0 Å². The predicted molar refractivity (Wildman–Crippen MR) is 64.6 cm³/mol. The first-order chi connectivity index (χ1) is 7.67. The molecule has 88 valence electrons. The standard InChI is InChI=1S/C11H14BrNO3/c1-15-11(14)10(13)6-8-3-2-4-9(5-8)16-7-12/h2-5,10H,6-7,13H2,1H3. The number of halogens is 1. The van der Waals surface area contributed by atoms with Crippen LogP contribution >= 0.6 is 15.9 Å². The molecule has 1 atom stereocenters. The molecular weight excluding hydrogens is 274 g/mol. The molecule has 0 bridgehead atoms. The third-order valence-corrected chi connectivity index (χ3v) is 2.31. The topological polar surface area (TPSA) is 61.5 Å². The molecule has 0 aliphatic carbocycles. The van der Waals surface area contributed by atoms with Gasteiger partial charge in [0.15, 0.2) is 0 Å². The highest BCUT2D eigenvalue weighted by atomic mass is 79.9. The van der Waals surface area contributed by atoms with Gasteiger partial charge in [-0.05, 0) is 40.0 Å². The third kappa shape index (κ3) is 3.83. The van der Waals surface area contributed by atoms with Gasteiger partial charge in [-0.15, -0.1) is 0 Å². The molecule has 0 aliphatic heterocycles. The molecule has 0 amide bonds. The Morgan fingerprint density at radius 1 is 1.56 bits per heavy atom. The van der Waals surface area contributed by atoms with Crippen LogP contribution in [0.1, 0.15) is 5.56 Å². The Kier molecular flexibility index (Phi) is 5.28. The van der Waals surface area contributed by atoms with Crippen LogP contribution in [0.4, 0.5) is 0 Å². The van der Waals surface area contributed by atoms with Crippen LogP contribution in [0.25, 0.3) is 0 Å². The molecule has 4 nitrogen and oxygen atoms in total. The zero-order chi connectivity index (χ0) is 12.0. The molecule has 0 saturated carbocycles. The number of methoxy groups -OCH3 is 1. The minimum Gasteiger partial charge on any atom is -0.482 e. The number of benzene rings is 1. The van der Waals surface area contributed by atoms with Gasteiger partial charge in [0.05, 0.1) is 7.11 Å². The average Bonchev–Trinajstić information content (AvgIpc) is 2.29. The van der Waals surface area contributed by atoms with E-state index in [1.807, 2.05) is 24.3 Å². The summed E-state index contributed by atoms with van der Waals surface area (Å²) in [5.41, 5.74) is 7.03. The summed E-state index contributed by atoms with van der Waals surface area (Å²) < 4.78 is 9.83. The maximum atomic E-state index is 11.1. The van der Waals surface area contributed by atoms with Gasteiger partial charge < -0.3 is 15.2 Å². The lowest BCUT2D eigenvalue weighted by Gasteiger charge is -2.10. The molecule has 0 heterocycles. The van der Waals surface area contributed by atoms with Crippen molar-refractivity contribution in [2.45, 2.75) is 12.5 Å². The van der Waals surface area contributed by atoms with Gasteiger partial charge in [0.1, 0.15) is 17.3 Å². The summed E-state index contributed by atoms with van der Waals surface area (Å²) in [6, 6.07) is 6.81. The van der Waals surface area contributed by atoms with Crippen molar-refractivity contribution >= 4 is 21.9 Å². The Labute approximate surface area is 103 Å². The van der Waals surface area contributed by atoms with E-state index in [9.17, 15) is 4.79 Å². The van der Waals surface area contributed by atoms with Gasteiger partial charge in [-0.3, -0.25) is 4.79 Å². The van der Waals surface area contributed by atoms with Crippen molar-refractivity contribution in [3.63, 3.8) is 0 Å². The van der Waals surface area contributed by atoms with Gasteiger partial charge in [-0.1, -0.05) is 12.1 Å². The van der Waals surface area contributed by atoms with Crippen LogP contribution in [0.5, 0.6) is 5.75 Å². The zero-order valence-corrected chi connectivity index (χ0v) is 10.6.